The summed E-state index contributed by atoms with van der Waals surface area (Å²) < 4.78 is 68.6. The molecule has 6 aliphatic heterocycles. The summed E-state index contributed by atoms with van der Waals surface area (Å²) in [6.45, 7) is 64.8. The lowest BCUT2D eigenvalue weighted by Gasteiger charge is -2.27. The highest BCUT2D eigenvalue weighted by molar-refractivity contribution is 5.69. The molecule has 12 atom stereocenters. The van der Waals surface area contributed by atoms with Crippen LogP contribution in [-0.2, 0) is 0 Å². The molecule has 0 aromatic heterocycles. The number of anilines is 6. The fourth-order valence-corrected chi connectivity index (χ4v) is 23.8. The van der Waals surface area contributed by atoms with Crippen LogP contribution in [0.3, 0.4) is 0 Å². The van der Waals surface area contributed by atoms with Gasteiger partial charge in [-0.15, -0.1) is 0 Å². The second-order valence-corrected chi connectivity index (χ2v) is 43.4. The summed E-state index contributed by atoms with van der Waals surface area (Å²) in [7, 11) is 0. The Kier molecular flexibility index (Phi) is 22.0. The standard InChI is InChI=1S/C21H25N.C16H21F2N.3C16H22FN.C16H23N/c1-21(2,3)20-18-13-22(14-19(18)20)17-11-7-10-16(12-17)15-8-5-4-6-9-15;1-9-13(17)5-10(6-14(9)18)19-7-11-12(8-19)15(11)16(2,3)4;1-10-5-6-11(7-14(10)17)18-8-12-13(9-18)15(12)16(2,3)4;2*1-10-5-6-14(13(17)7-10)18-8-11-12(9-18)15(11)16(2,3)4;1-11-6-5-7-12(8-11)17-9-13-14(10-17)15(13)16(2,3)4/h4-12,18-20H,13-14H2,1-3H3;5-6,11-12,15H,7-8H2,1-4H3;5-7,12-13,15H,8-9H2,1-4H3;2*5-7,11-12,15H,8-9H2,1-4H3;5-8,13-15H,9-10H2,1-4H3. The zero-order valence-electron chi connectivity index (χ0n) is 72.3. The topological polar surface area (TPSA) is 19.4 Å². The first-order valence-corrected chi connectivity index (χ1v) is 42.9. The first kappa shape index (κ1) is 81.6. The van der Waals surface area contributed by atoms with Gasteiger partial charge >= 0.3 is 0 Å². The number of piperidine rings is 6. The summed E-state index contributed by atoms with van der Waals surface area (Å²) in [5.41, 5.74) is 15.6. The first-order chi connectivity index (χ1) is 52.4. The van der Waals surface area contributed by atoms with Crippen molar-refractivity contribution in [1.29, 1.82) is 0 Å². The fourth-order valence-electron chi connectivity index (χ4n) is 23.8. The van der Waals surface area contributed by atoms with Gasteiger partial charge in [-0.05, 0) is 280 Å². The van der Waals surface area contributed by atoms with E-state index < -0.39 is 11.6 Å². The SMILES string of the molecule is CC(C)(C)C1C2CN(c3cccc(-c4ccccc4)c3)CC21.Cc1c(F)cc(N2CC3C(C2)C3C(C)(C)C)cc1F.Cc1ccc(N2CC3C(C2)C3C(C)(C)C)c(F)c1.Cc1ccc(N2CC3C(C2)C3C(C)(C)C)c(F)c1.Cc1ccc(N2CC3C(C2)C3C(C)(C)C)cc1F.Cc1cccc(N2CC3C(C2)C3C(C)(C)C)c1. The van der Waals surface area contributed by atoms with E-state index in [0.717, 1.165) is 181 Å². The maximum atomic E-state index is 13.9. The molecule has 11 heteroatoms. The van der Waals surface area contributed by atoms with Gasteiger partial charge in [0.15, 0.2) is 0 Å². The van der Waals surface area contributed by atoms with Gasteiger partial charge in [-0.2, -0.15) is 0 Å². The summed E-state index contributed by atoms with van der Waals surface area (Å²) in [5.74, 6) is 14.0. The van der Waals surface area contributed by atoms with Gasteiger partial charge in [0, 0.05) is 107 Å². The van der Waals surface area contributed by atoms with E-state index in [2.05, 4.69) is 246 Å². The van der Waals surface area contributed by atoms with Gasteiger partial charge in [0.1, 0.15) is 29.1 Å². The molecule has 0 N–H and O–H groups in total. The third-order valence-corrected chi connectivity index (χ3v) is 28.9. The highest BCUT2D eigenvalue weighted by Gasteiger charge is 2.65. The van der Waals surface area contributed by atoms with Crippen molar-refractivity contribution >= 4 is 34.1 Å². The smallest absolute Gasteiger partial charge is 0.146 e. The number of hydrogen-bond donors (Lipinski definition) is 0. The Labute approximate surface area is 672 Å². The maximum Gasteiger partial charge on any atom is 0.146 e. The fraction of sp³-hybridized carbons (Fsp3) is 0.584. The number of nitrogens with zero attached hydrogens (tertiary/aromatic N) is 6. The van der Waals surface area contributed by atoms with Crippen LogP contribution in [0.25, 0.3) is 11.1 Å². The number of rotatable bonds is 7. The lowest BCUT2D eigenvalue weighted by atomic mass is 9.87. The quantitative estimate of drug-likeness (QED) is 0.147. The Balaban J connectivity index is 0.000000112. The zero-order valence-corrected chi connectivity index (χ0v) is 72.3. The Morgan fingerprint density at radius 3 is 0.821 bits per heavy atom. The predicted molar refractivity (Wildman–Crippen MR) is 460 cm³/mol. The van der Waals surface area contributed by atoms with Crippen molar-refractivity contribution < 1.29 is 22.0 Å². The Hall–Kier alpha value is -7.01. The number of fused-ring (bicyclic) bond motifs is 6. The summed E-state index contributed by atoms with van der Waals surface area (Å²) >= 11 is 0. The minimum Gasteiger partial charge on any atom is -0.371 e. The monoisotopic (exact) mass is 1530 g/mol. The van der Waals surface area contributed by atoms with E-state index in [4.69, 9.17) is 0 Å². The molecule has 12 aliphatic rings. The van der Waals surface area contributed by atoms with E-state index in [1.807, 2.05) is 51.1 Å². The van der Waals surface area contributed by atoms with E-state index >= 15 is 0 Å². The lowest BCUT2D eigenvalue weighted by Crippen LogP contribution is -2.28. The second kappa shape index (κ2) is 30.2. The molecule has 12 unspecified atom stereocenters. The van der Waals surface area contributed by atoms with Crippen LogP contribution in [-0.4, -0.2) is 78.5 Å². The van der Waals surface area contributed by atoms with Crippen molar-refractivity contribution in [1.82, 2.24) is 0 Å². The summed E-state index contributed by atoms with van der Waals surface area (Å²) in [6.07, 6.45) is 0. The van der Waals surface area contributed by atoms with Crippen molar-refractivity contribution in [3.8, 4) is 11.1 Å². The van der Waals surface area contributed by atoms with E-state index in [9.17, 15) is 22.0 Å². The normalized spacial score (nSPS) is 29.8. The van der Waals surface area contributed by atoms with Gasteiger partial charge < -0.3 is 29.4 Å². The van der Waals surface area contributed by atoms with E-state index in [1.54, 1.807) is 18.2 Å². The van der Waals surface area contributed by atoms with Gasteiger partial charge in [-0.3, -0.25) is 0 Å². The summed E-state index contributed by atoms with van der Waals surface area (Å²) in [6, 6.07) is 48.3. The molecule has 0 spiro atoms. The molecule has 19 rings (SSSR count). The van der Waals surface area contributed by atoms with E-state index in [1.165, 1.54) is 73.3 Å². The van der Waals surface area contributed by atoms with Gasteiger partial charge in [-0.1, -0.05) is 197 Å². The lowest BCUT2D eigenvalue weighted by molar-refractivity contribution is 0.308. The average molecular weight is 1530 g/mol. The molecule has 0 bridgehead atoms. The van der Waals surface area contributed by atoms with Crippen molar-refractivity contribution in [3.05, 3.63) is 202 Å². The molecular weight excluding hydrogens is 1390 g/mol. The highest BCUT2D eigenvalue weighted by Crippen LogP contribution is 2.65. The number of hydrogen-bond acceptors (Lipinski definition) is 6. The van der Waals surface area contributed by atoms with Crippen LogP contribution >= 0.6 is 0 Å². The minimum absolute atomic E-state index is 0.0661. The molecule has 6 aliphatic carbocycles. The van der Waals surface area contributed by atoms with Crippen LogP contribution < -0.4 is 29.4 Å². The molecular formula is C101H135F5N6. The third-order valence-electron chi connectivity index (χ3n) is 28.9. The van der Waals surface area contributed by atoms with Crippen molar-refractivity contribution in [2.24, 2.45) is 139 Å². The molecule has 0 amide bonds. The minimum atomic E-state index is -0.442. The molecule has 604 valence electrons. The second-order valence-electron chi connectivity index (χ2n) is 43.4. The Morgan fingerprint density at radius 1 is 0.232 bits per heavy atom. The van der Waals surface area contributed by atoms with Crippen LogP contribution in [0, 0.1) is 203 Å². The van der Waals surface area contributed by atoms with E-state index in [0.29, 0.717) is 50.0 Å². The maximum absolute atomic E-state index is 13.9. The summed E-state index contributed by atoms with van der Waals surface area (Å²) in [5, 5.41) is 0. The molecule has 6 nitrogen and oxygen atoms in total. The molecule has 7 aromatic rings. The Bertz CT molecular complexity index is 4320. The van der Waals surface area contributed by atoms with Crippen LogP contribution in [0.4, 0.5) is 56.1 Å². The van der Waals surface area contributed by atoms with Gasteiger partial charge in [0.05, 0.1) is 11.4 Å². The molecule has 0 radical (unpaired) electrons. The molecule has 7 aromatic carbocycles. The molecule has 112 heavy (non-hydrogen) atoms. The number of aryl methyl sites for hydroxylation is 4. The van der Waals surface area contributed by atoms with Crippen LogP contribution in [0.5, 0.6) is 0 Å². The average Bonchev–Trinajstić information content (AvgIpc) is 1.62. The molecule has 6 heterocycles. The molecule has 12 fully saturated rings. The highest BCUT2D eigenvalue weighted by atomic mass is 19.1. The van der Waals surface area contributed by atoms with Gasteiger partial charge in [0.25, 0.3) is 0 Å². The Morgan fingerprint density at radius 2 is 0.509 bits per heavy atom. The number of halogens is 5. The summed E-state index contributed by atoms with van der Waals surface area (Å²) in [4.78, 5) is 14.1. The van der Waals surface area contributed by atoms with Crippen LogP contribution in [0.15, 0.2) is 146 Å². The molecule has 6 saturated heterocycles. The molecule has 6 saturated carbocycles. The van der Waals surface area contributed by atoms with Crippen molar-refractivity contribution in [2.75, 3.05) is 108 Å². The van der Waals surface area contributed by atoms with E-state index in [-0.39, 0.29) is 23.0 Å². The first-order valence-electron chi connectivity index (χ1n) is 42.9. The van der Waals surface area contributed by atoms with Crippen LogP contribution in [0.1, 0.15) is 152 Å². The number of benzene rings is 7. The van der Waals surface area contributed by atoms with Crippen molar-refractivity contribution in [2.45, 2.75) is 159 Å². The van der Waals surface area contributed by atoms with Crippen molar-refractivity contribution in [3.63, 3.8) is 0 Å². The largest absolute Gasteiger partial charge is 0.371 e. The van der Waals surface area contributed by atoms with Gasteiger partial charge in [-0.25, -0.2) is 22.0 Å². The van der Waals surface area contributed by atoms with Crippen LogP contribution in [0.2, 0.25) is 0 Å². The van der Waals surface area contributed by atoms with Gasteiger partial charge in [0.2, 0.25) is 0 Å². The predicted octanol–water partition coefficient (Wildman–Crippen LogP) is 24.4. The zero-order chi connectivity index (χ0) is 80.7. The third kappa shape index (κ3) is 17.4.